The molecule has 1 atom stereocenters. The van der Waals surface area contributed by atoms with Crippen LogP contribution in [0.4, 0.5) is 13.2 Å². The number of likely N-dealkylation sites (tertiary alicyclic amines) is 1. The van der Waals surface area contributed by atoms with Crippen LogP contribution in [-0.4, -0.2) is 24.5 Å². The number of rotatable bonds is 6. The third kappa shape index (κ3) is 5.22. The molecule has 0 aliphatic carbocycles. The van der Waals surface area contributed by atoms with Gasteiger partial charge in [0.25, 0.3) is 0 Å². The zero-order valence-corrected chi connectivity index (χ0v) is 14.8. The molecule has 1 aliphatic rings. The first-order valence-corrected chi connectivity index (χ1v) is 9.55. The molecule has 2 heterocycles. The molecule has 1 aliphatic heterocycles. The molecule has 0 radical (unpaired) electrons. The van der Waals surface area contributed by atoms with Crippen LogP contribution in [0, 0.1) is 0 Å². The van der Waals surface area contributed by atoms with Gasteiger partial charge in [-0.1, -0.05) is 12.5 Å². The number of thiophene rings is 1. The molecule has 0 saturated carbocycles. The predicted molar refractivity (Wildman–Crippen MR) is 94.0 cm³/mol. The van der Waals surface area contributed by atoms with E-state index in [2.05, 4.69) is 4.90 Å². The summed E-state index contributed by atoms with van der Waals surface area (Å²) in [5.41, 5.74) is 0.351. The van der Waals surface area contributed by atoms with Crippen LogP contribution in [0.25, 0.3) is 0 Å². The highest BCUT2D eigenvalue weighted by Crippen LogP contribution is 2.33. The predicted octanol–water partition coefficient (Wildman–Crippen LogP) is 5.76. The number of hydrogen-bond donors (Lipinski definition) is 0. The average molecular weight is 369 g/mol. The highest BCUT2D eigenvalue weighted by atomic mass is 32.1. The Morgan fingerprint density at radius 1 is 1.12 bits per heavy atom. The Kier molecular flexibility index (Phi) is 6.02. The molecule has 0 spiro atoms. The van der Waals surface area contributed by atoms with Crippen molar-refractivity contribution in [3.8, 4) is 5.75 Å². The summed E-state index contributed by atoms with van der Waals surface area (Å²) in [6, 6.07) is 7.13. The van der Waals surface area contributed by atoms with E-state index in [0.29, 0.717) is 0 Å². The molecule has 25 heavy (non-hydrogen) atoms. The molecule has 1 unspecified atom stereocenters. The molecule has 0 amide bonds. The number of alkyl halides is 3. The molecule has 1 aromatic carbocycles. The molecular weight excluding hydrogens is 347 g/mol. The third-order valence-electron chi connectivity index (χ3n) is 4.51. The van der Waals surface area contributed by atoms with Crippen LogP contribution in [0.5, 0.6) is 5.75 Å². The van der Waals surface area contributed by atoms with Crippen molar-refractivity contribution in [2.75, 3.05) is 19.6 Å². The zero-order valence-electron chi connectivity index (χ0n) is 14.0. The lowest BCUT2D eigenvalue weighted by Gasteiger charge is -2.28. The fourth-order valence-corrected chi connectivity index (χ4v) is 3.85. The lowest BCUT2D eigenvalue weighted by Crippen LogP contribution is -2.31. The molecule has 6 heteroatoms. The first-order chi connectivity index (χ1) is 12.0. The van der Waals surface area contributed by atoms with Crippen LogP contribution in [0.15, 0.2) is 41.1 Å². The van der Waals surface area contributed by atoms with Gasteiger partial charge >= 0.3 is 6.18 Å². The van der Waals surface area contributed by atoms with Crippen LogP contribution in [0.3, 0.4) is 0 Å². The van der Waals surface area contributed by atoms with Gasteiger partial charge in [0.1, 0.15) is 11.9 Å². The number of benzene rings is 1. The Balaban J connectivity index is 1.69. The van der Waals surface area contributed by atoms with Crippen LogP contribution >= 0.6 is 11.3 Å². The Labute approximate surface area is 150 Å². The van der Waals surface area contributed by atoms with Gasteiger partial charge in [-0.05, 0) is 61.0 Å². The summed E-state index contributed by atoms with van der Waals surface area (Å²) in [5.74, 6) is 0.268. The Bertz CT molecular complexity index is 651. The van der Waals surface area contributed by atoms with Crippen molar-refractivity contribution in [3.63, 3.8) is 0 Å². The van der Waals surface area contributed by atoms with Crippen molar-refractivity contribution >= 4 is 11.3 Å². The van der Waals surface area contributed by atoms with Crippen molar-refractivity contribution in [1.82, 2.24) is 4.90 Å². The van der Waals surface area contributed by atoms with E-state index in [9.17, 15) is 13.2 Å². The summed E-state index contributed by atoms with van der Waals surface area (Å²) in [6.07, 6.45) is -0.0880. The first kappa shape index (κ1) is 18.3. The van der Waals surface area contributed by atoms with Crippen molar-refractivity contribution in [3.05, 3.63) is 52.2 Å². The van der Waals surface area contributed by atoms with E-state index < -0.39 is 11.7 Å². The van der Waals surface area contributed by atoms with Crippen LogP contribution in [0.2, 0.25) is 0 Å². The van der Waals surface area contributed by atoms with Gasteiger partial charge in [0.15, 0.2) is 0 Å². The average Bonchev–Trinajstić information content (AvgIpc) is 3.13. The maximum absolute atomic E-state index is 12.9. The number of ether oxygens (including phenoxy) is 1. The minimum Gasteiger partial charge on any atom is -0.486 e. The summed E-state index contributed by atoms with van der Waals surface area (Å²) in [7, 11) is 0. The molecule has 2 nitrogen and oxygen atoms in total. The highest BCUT2D eigenvalue weighted by Gasteiger charge is 2.31. The van der Waals surface area contributed by atoms with Gasteiger partial charge in [0, 0.05) is 18.5 Å². The SMILES string of the molecule is FC(F)(F)c1cccc(OC(CCN2CCCCC2)c2ccsc2)c1. The summed E-state index contributed by atoms with van der Waals surface area (Å²) in [5, 5.41) is 3.98. The fourth-order valence-electron chi connectivity index (χ4n) is 3.14. The van der Waals surface area contributed by atoms with Crippen molar-refractivity contribution in [1.29, 1.82) is 0 Å². The quantitative estimate of drug-likeness (QED) is 0.641. The standard InChI is InChI=1S/C19H22F3NOS/c20-19(21,22)16-5-4-6-17(13-16)24-18(15-8-12-25-14-15)7-11-23-9-2-1-3-10-23/h4-6,8,12-14,18H,1-3,7,9-11H2. The van der Waals surface area contributed by atoms with Gasteiger partial charge in [-0.15, -0.1) is 0 Å². The first-order valence-electron chi connectivity index (χ1n) is 8.61. The lowest BCUT2D eigenvalue weighted by atomic mass is 10.1. The fraction of sp³-hybridized carbons (Fsp3) is 0.474. The number of piperidine rings is 1. The van der Waals surface area contributed by atoms with E-state index in [0.717, 1.165) is 43.8 Å². The second-order valence-corrected chi connectivity index (χ2v) is 7.16. The van der Waals surface area contributed by atoms with Crippen LogP contribution < -0.4 is 4.74 Å². The second kappa shape index (κ2) is 8.23. The normalized spacial score (nSPS) is 17.4. The van der Waals surface area contributed by atoms with Crippen molar-refractivity contribution in [2.45, 2.75) is 38.0 Å². The van der Waals surface area contributed by atoms with Crippen LogP contribution in [0.1, 0.15) is 42.9 Å². The van der Waals surface area contributed by atoms with Crippen LogP contribution in [-0.2, 0) is 6.18 Å². The number of nitrogens with zero attached hydrogens (tertiary/aromatic N) is 1. The molecule has 1 fully saturated rings. The van der Waals surface area contributed by atoms with E-state index in [4.69, 9.17) is 4.74 Å². The lowest BCUT2D eigenvalue weighted by molar-refractivity contribution is -0.137. The van der Waals surface area contributed by atoms with Gasteiger partial charge in [-0.25, -0.2) is 0 Å². The summed E-state index contributed by atoms with van der Waals surface area (Å²) in [6.45, 7) is 3.10. The van der Waals surface area contributed by atoms with E-state index in [1.807, 2.05) is 16.8 Å². The van der Waals surface area contributed by atoms with E-state index in [1.54, 1.807) is 17.4 Å². The zero-order chi connectivity index (χ0) is 17.7. The topological polar surface area (TPSA) is 12.5 Å². The van der Waals surface area contributed by atoms with Gasteiger partial charge in [0.2, 0.25) is 0 Å². The van der Waals surface area contributed by atoms with Crippen molar-refractivity contribution in [2.24, 2.45) is 0 Å². The largest absolute Gasteiger partial charge is 0.486 e. The molecule has 1 aromatic heterocycles. The Hall–Kier alpha value is -1.53. The van der Waals surface area contributed by atoms with E-state index in [1.165, 1.54) is 25.3 Å². The maximum atomic E-state index is 12.9. The van der Waals surface area contributed by atoms with E-state index in [-0.39, 0.29) is 11.9 Å². The highest BCUT2D eigenvalue weighted by molar-refractivity contribution is 7.07. The Morgan fingerprint density at radius 2 is 1.92 bits per heavy atom. The molecule has 0 N–H and O–H groups in total. The third-order valence-corrected chi connectivity index (χ3v) is 5.21. The van der Waals surface area contributed by atoms with Gasteiger partial charge in [-0.3, -0.25) is 0 Å². The van der Waals surface area contributed by atoms with Gasteiger partial charge in [0.05, 0.1) is 5.56 Å². The Morgan fingerprint density at radius 3 is 2.60 bits per heavy atom. The molecule has 2 aromatic rings. The summed E-state index contributed by atoms with van der Waals surface area (Å²) >= 11 is 1.57. The van der Waals surface area contributed by atoms with Crippen molar-refractivity contribution < 1.29 is 17.9 Å². The molecular formula is C19H22F3NOS. The number of hydrogen-bond acceptors (Lipinski definition) is 3. The smallest absolute Gasteiger partial charge is 0.416 e. The second-order valence-electron chi connectivity index (χ2n) is 6.38. The molecule has 136 valence electrons. The molecule has 1 saturated heterocycles. The minimum atomic E-state index is -4.36. The minimum absolute atomic E-state index is 0.225. The van der Waals surface area contributed by atoms with Gasteiger partial charge in [-0.2, -0.15) is 24.5 Å². The molecule has 0 bridgehead atoms. The van der Waals surface area contributed by atoms with E-state index >= 15 is 0 Å². The summed E-state index contributed by atoms with van der Waals surface area (Å²) < 4.78 is 44.7. The van der Waals surface area contributed by atoms with Gasteiger partial charge < -0.3 is 9.64 Å². The maximum Gasteiger partial charge on any atom is 0.416 e. The molecule has 3 rings (SSSR count). The summed E-state index contributed by atoms with van der Waals surface area (Å²) in [4.78, 5) is 2.42. The monoisotopic (exact) mass is 369 g/mol. The number of halogens is 3.